The summed E-state index contributed by atoms with van der Waals surface area (Å²) in [4.78, 5) is 34.3. The molecule has 5 heteroatoms. The van der Waals surface area contributed by atoms with E-state index in [4.69, 9.17) is 4.74 Å². The van der Waals surface area contributed by atoms with Crippen LogP contribution in [0.2, 0.25) is 0 Å². The number of methoxy groups -OCH3 is 1. The van der Waals surface area contributed by atoms with Crippen LogP contribution in [0.3, 0.4) is 0 Å². The highest BCUT2D eigenvalue weighted by atomic mass is 16.5. The van der Waals surface area contributed by atoms with Crippen LogP contribution in [0.15, 0.2) is 18.2 Å². The van der Waals surface area contributed by atoms with Crippen molar-refractivity contribution in [3.05, 3.63) is 34.9 Å². The van der Waals surface area contributed by atoms with Crippen LogP contribution in [0.25, 0.3) is 0 Å². The van der Waals surface area contributed by atoms with E-state index in [1.807, 2.05) is 0 Å². The number of ether oxygens (including phenoxy) is 2. The van der Waals surface area contributed by atoms with Crippen LogP contribution in [0.5, 0.6) is 0 Å². The van der Waals surface area contributed by atoms with E-state index in [0.29, 0.717) is 23.1 Å². The fraction of sp³-hybridized carbons (Fsp3) is 0.308. The van der Waals surface area contributed by atoms with E-state index in [-0.39, 0.29) is 5.78 Å². The number of esters is 2. The SMILES string of the molecule is COC(=O)c1ccc2c(c1)C[C@@H](C(C)=O)OC2=O. The summed E-state index contributed by atoms with van der Waals surface area (Å²) in [6, 6.07) is 4.58. The van der Waals surface area contributed by atoms with Gasteiger partial charge < -0.3 is 9.47 Å². The second kappa shape index (κ2) is 4.60. The molecule has 0 radical (unpaired) electrons. The Morgan fingerprint density at radius 2 is 2.11 bits per heavy atom. The number of hydrogen-bond donors (Lipinski definition) is 0. The molecule has 94 valence electrons. The first-order valence-corrected chi connectivity index (χ1v) is 5.45. The molecule has 0 unspecified atom stereocenters. The Balaban J connectivity index is 2.40. The van der Waals surface area contributed by atoms with Crippen LogP contribution < -0.4 is 0 Å². The summed E-state index contributed by atoms with van der Waals surface area (Å²) in [5, 5.41) is 0. The summed E-state index contributed by atoms with van der Waals surface area (Å²) in [5.41, 5.74) is 1.38. The zero-order chi connectivity index (χ0) is 13.3. The van der Waals surface area contributed by atoms with E-state index in [1.165, 1.54) is 26.2 Å². The summed E-state index contributed by atoms with van der Waals surface area (Å²) in [6.07, 6.45) is -0.473. The van der Waals surface area contributed by atoms with Crippen molar-refractivity contribution in [2.75, 3.05) is 7.11 Å². The molecule has 18 heavy (non-hydrogen) atoms. The quantitative estimate of drug-likeness (QED) is 0.734. The highest BCUT2D eigenvalue weighted by molar-refractivity contribution is 5.97. The molecule has 0 aliphatic carbocycles. The monoisotopic (exact) mass is 248 g/mol. The van der Waals surface area contributed by atoms with Gasteiger partial charge in [0, 0.05) is 6.42 Å². The summed E-state index contributed by atoms with van der Waals surface area (Å²) < 4.78 is 9.60. The van der Waals surface area contributed by atoms with Crippen molar-refractivity contribution in [3.8, 4) is 0 Å². The Labute approximate surface area is 104 Å². The highest BCUT2D eigenvalue weighted by Crippen LogP contribution is 2.22. The molecule has 1 aliphatic heterocycles. The number of hydrogen-bond acceptors (Lipinski definition) is 5. The lowest BCUT2D eigenvalue weighted by Crippen LogP contribution is -2.33. The van der Waals surface area contributed by atoms with Gasteiger partial charge in [-0.05, 0) is 30.7 Å². The summed E-state index contributed by atoms with van der Waals surface area (Å²) in [6.45, 7) is 1.37. The summed E-state index contributed by atoms with van der Waals surface area (Å²) >= 11 is 0. The number of ketones is 1. The zero-order valence-electron chi connectivity index (χ0n) is 10.1. The smallest absolute Gasteiger partial charge is 0.339 e. The standard InChI is InChI=1S/C13H12O5/c1-7(14)11-6-9-5-8(12(15)17-2)3-4-10(9)13(16)18-11/h3-5,11H,6H2,1-2H3/t11-/m0/s1. The Bertz CT molecular complexity index is 532. The molecule has 0 amide bonds. The Kier molecular flexibility index (Phi) is 3.14. The molecule has 0 N–H and O–H groups in total. The third-order valence-corrected chi connectivity index (χ3v) is 2.85. The van der Waals surface area contributed by atoms with Crippen molar-refractivity contribution < 1.29 is 23.9 Å². The van der Waals surface area contributed by atoms with Crippen molar-refractivity contribution in [1.29, 1.82) is 0 Å². The molecular weight excluding hydrogens is 236 g/mol. The normalized spacial score (nSPS) is 17.7. The van der Waals surface area contributed by atoms with E-state index in [9.17, 15) is 14.4 Å². The second-order valence-electron chi connectivity index (χ2n) is 4.07. The lowest BCUT2D eigenvalue weighted by Gasteiger charge is -2.22. The number of rotatable bonds is 2. The number of fused-ring (bicyclic) bond motifs is 1. The predicted molar refractivity (Wildman–Crippen MR) is 61.4 cm³/mol. The number of cyclic esters (lactones) is 1. The molecule has 1 heterocycles. The van der Waals surface area contributed by atoms with Crippen LogP contribution in [-0.2, 0) is 20.7 Å². The third-order valence-electron chi connectivity index (χ3n) is 2.85. The van der Waals surface area contributed by atoms with Gasteiger partial charge in [0.05, 0.1) is 18.2 Å². The molecule has 0 saturated carbocycles. The molecule has 0 bridgehead atoms. The zero-order valence-corrected chi connectivity index (χ0v) is 10.1. The predicted octanol–water partition coefficient (Wildman–Crippen LogP) is 1.14. The van der Waals surface area contributed by atoms with Gasteiger partial charge in [-0.2, -0.15) is 0 Å². The van der Waals surface area contributed by atoms with E-state index in [2.05, 4.69) is 4.74 Å². The maximum atomic E-state index is 11.7. The Morgan fingerprint density at radius 1 is 1.39 bits per heavy atom. The minimum absolute atomic E-state index is 0.211. The van der Waals surface area contributed by atoms with Crippen LogP contribution in [0, 0.1) is 0 Å². The maximum Gasteiger partial charge on any atom is 0.339 e. The summed E-state index contributed by atoms with van der Waals surface area (Å²) in [5.74, 6) is -1.22. The van der Waals surface area contributed by atoms with Gasteiger partial charge in [0.15, 0.2) is 11.9 Å². The largest absolute Gasteiger partial charge is 0.465 e. The third kappa shape index (κ3) is 2.11. The lowest BCUT2D eigenvalue weighted by atomic mass is 9.95. The molecule has 1 aromatic carbocycles. The van der Waals surface area contributed by atoms with Crippen molar-refractivity contribution in [3.63, 3.8) is 0 Å². The number of benzene rings is 1. The van der Waals surface area contributed by atoms with Gasteiger partial charge in [-0.1, -0.05) is 0 Å². The van der Waals surface area contributed by atoms with Crippen molar-refractivity contribution in [1.82, 2.24) is 0 Å². The van der Waals surface area contributed by atoms with Crippen LogP contribution in [-0.4, -0.2) is 30.9 Å². The Hall–Kier alpha value is -2.17. The number of carbonyl (C=O) groups excluding carboxylic acids is 3. The van der Waals surface area contributed by atoms with Crippen LogP contribution in [0.1, 0.15) is 33.2 Å². The molecule has 0 aromatic heterocycles. The molecule has 0 saturated heterocycles. The fourth-order valence-corrected chi connectivity index (χ4v) is 1.87. The van der Waals surface area contributed by atoms with E-state index >= 15 is 0 Å². The molecule has 1 aromatic rings. The van der Waals surface area contributed by atoms with Crippen molar-refractivity contribution in [2.24, 2.45) is 0 Å². The maximum absolute atomic E-state index is 11.7. The van der Waals surface area contributed by atoms with Gasteiger partial charge in [0.2, 0.25) is 0 Å². The molecule has 0 fully saturated rings. The first-order valence-electron chi connectivity index (χ1n) is 5.45. The first-order chi connectivity index (χ1) is 8.52. The van der Waals surface area contributed by atoms with Crippen LogP contribution >= 0.6 is 0 Å². The van der Waals surface area contributed by atoms with Gasteiger partial charge in [0.25, 0.3) is 0 Å². The highest BCUT2D eigenvalue weighted by Gasteiger charge is 2.29. The van der Waals surface area contributed by atoms with E-state index in [0.717, 1.165) is 0 Å². The number of Topliss-reactive ketones (excluding diaryl/α,β-unsaturated/α-hetero) is 1. The second-order valence-corrected chi connectivity index (χ2v) is 4.07. The lowest BCUT2D eigenvalue weighted by molar-refractivity contribution is -0.125. The van der Waals surface area contributed by atoms with E-state index < -0.39 is 18.0 Å². The van der Waals surface area contributed by atoms with Crippen molar-refractivity contribution in [2.45, 2.75) is 19.4 Å². The molecule has 1 aliphatic rings. The summed E-state index contributed by atoms with van der Waals surface area (Å²) in [7, 11) is 1.29. The number of carbonyl (C=O) groups is 3. The van der Waals surface area contributed by atoms with Gasteiger partial charge >= 0.3 is 11.9 Å². The molecular formula is C13H12O5. The molecule has 5 nitrogen and oxygen atoms in total. The first kappa shape index (κ1) is 12.3. The van der Waals surface area contributed by atoms with Gasteiger partial charge in [0.1, 0.15) is 0 Å². The molecule has 1 atom stereocenters. The minimum Gasteiger partial charge on any atom is -0.465 e. The van der Waals surface area contributed by atoms with Crippen LogP contribution in [0.4, 0.5) is 0 Å². The minimum atomic E-state index is -0.766. The van der Waals surface area contributed by atoms with Gasteiger partial charge in [-0.25, -0.2) is 9.59 Å². The fourth-order valence-electron chi connectivity index (χ4n) is 1.87. The topological polar surface area (TPSA) is 69.7 Å². The van der Waals surface area contributed by atoms with E-state index in [1.54, 1.807) is 6.07 Å². The molecule has 2 rings (SSSR count). The average Bonchev–Trinajstić information content (AvgIpc) is 2.36. The van der Waals surface area contributed by atoms with Gasteiger partial charge in [-0.3, -0.25) is 4.79 Å². The Morgan fingerprint density at radius 3 is 2.72 bits per heavy atom. The van der Waals surface area contributed by atoms with Gasteiger partial charge in [-0.15, -0.1) is 0 Å². The van der Waals surface area contributed by atoms with Crippen molar-refractivity contribution >= 4 is 17.7 Å². The molecule has 0 spiro atoms. The average molecular weight is 248 g/mol.